The van der Waals surface area contributed by atoms with Crippen LogP contribution < -0.4 is 5.32 Å². The van der Waals surface area contributed by atoms with Gasteiger partial charge in [-0.05, 0) is 75.0 Å². The molecule has 184 valence electrons. The third kappa shape index (κ3) is 5.40. The topological polar surface area (TPSA) is 78.7 Å². The summed E-state index contributed by atoms with van der Waals surface area (Å²) in [5, 5.41) is 3.12. The largest absolute Gasteiger partial charge is 0.436 e. The molecular weight excluding hydrogens is 440 g/mol. The molecular formula is C28H34N4O3. The van der Waals surface area contributed by atoms with Crippen molar-refractivity contribution in [2.24, 2.45) is 11.8 Å². The number of hydrogen-bond acceptors (Lipinski definition) is 5. The number of fused-ring (bicyclic) bond motifs is 1. The Bertz CT molecular complexity index is 1160. The van der Waals surface area contributed by atoms with E-state index in [0.717, 1.165) is 50.1 Å². The standard InChI is InChI=1S/C28H34N4O3/c1-20(26(33)29-13-18-31-14-5-6-15-31)21-11-16-32(17-12-21)28(34)23-9-10-24-25(19-23)35-27(30-24)22-7-3-2-4-8-22/h2-4,7-10,19-21H,5-6,11-18H2,1H3,(H,29,33)/t20-/m1/s1. The summed E-state index contributed by atoms with van der Waals surface area (Å²) in [5.41, 5.74) is 2.87. The molecule has 7 heteroatoms. The van der Waals surface area contributed by atoms with Crippen LogP contribution in [0.2, 0.25) is 0 Å². The van der Waals surface area contributed by atoms with E-state index in [-0.39, 0.29) is 17.7 Å². The van der Waals surface area contributed by atoms with Crippen molar-refractivity contribution in [1.82, 2.24) is 20.1 Å². The molecule has 2 aromatic carbocycles. The fourth-order valence-corrected chi connectivity index (χ4v) is 5.27. The lowest BCUT2D eigenvalue weighted by molar-refractivity contribution is -0.126. The molecule has 1 atom stereocenters. The number of likely N-dealkylation sites (tertiary alicyclic amines) is 2. The molecule has 1 aromatic heterocycles. The molecule has 0 bridgehead atoms. The summed E-state index contributed by atoms with van der Waals surface area (Å²) < 4.78 is 5.94. The van der Waals surface area contributed by atoms with Gasteiger partial charge in [-0.2, -0.15) is 0 Å². The van der Waals surface area contributed by atoms with Crippen molar-refractivity contribution in [3.8, 4) is 11.5 Å². The number of nitrogens with zero attached hydrogens (tertiary/aromatic N) is 3. The minimum absolute atomic E-state index is 0.00530. The lowest BCUT2D eigenvalue weighted by Gasteiger charge is -2.34. The number of oxazole rings is 1. The van der Waals surface area contributed by atoms with E-state index in [1.54, 1.807) is 6.07 Å². The van der Waals surface area contributed by atoms with Crippen LogP contribution in [0.15, 0.2) is 52.9 Å². The Morgan fingerprint density at radius 3 is 2.54 bits per heavy atom. The molecule has 7 nitrogen and oxygen atoms in total. The van der Waals surface area contributed by atoms with Gasteiger partial charge in [0, 0.05) is 43.2 Å². The van der Waals surface area contributed by atoms with Crippen LogP contribution in [-0.2, 0) is 4.79 Å². The number of piperidine rings is 1. The summed E-state index contributed by atoms with van der Waals surface area (Å²) in [7, 11) is 0. The first kappa shape index (κ1) is 23.5. The second-order valence-corrected chi connectivity index (χ2v) is 9.83. The molecule has 2 aliphatic rings. The summed E-state index contributed by atoms with van der Waals surface area (Å²) in [5.74, 6) is 0.965. The van der Waals surface area contributed by atoms with Crippen LogP contribution in [0.25, 0.3) is 22.6 Å². The van der Waals surface area contributed by atoms with Crippen molar-refractivity contribution in [3.05, 3.63) is 54.1 Å². The van der Waals surface area contributed by atoms with Crippen LogP contribution in [0, 0.1) is 11.8 Å². The third-order valence-electron chi connectivity index (χ3n) is 7.53. The highest BCUT2D eigenvalue weighted by Crippen LogP contribution is 2.28. The van der Waals surface area contributed by atoms with Crippen LogP contribution in [0.5, 0.6) is 0 Å². The zero-order chi connectivity index (χ0) is 24.2. The average Bonchev–Trinajstić information content (AvgIpc) is 3.58. The SMILES string of the molecule is C[C@@H](C(=O)NCCN1CCCC1)C1CCN(C(=O)c2ccc3nc(-c4ccccc4)oc3c2)CC1. The van der Waals surface area contributed by atoms with E-state index in [1.165, 1.54) is 12.8 Å². The minimum Gasteiger partial charge on any atom is -0.436 e. The van der Waals surface area contributed by atoms with Crippen LogP contribution in [0.1, 0.15) is 43.0 Å². The Morgan fingerprint density at radius 1 is 1.06 bits per heavy atom. The van der Waals surface area contributed by atoms with E-state index in [4.69, 9.17) is 4.42 Å². The number of benzene rings is 2. The van der Waals surface area contributed by atoms with Crippen molar-refractivity contribution >= 4 is 22.9 Å². The van der Waals surface area contributed by atoms with Crippen molar-refractivity contribution in [1.29, 1.82) is 0 Å². The van der Waals surface area contributed by atoms with Crippen LogP contribution in [0.3, 0.4) is 0 Å². The zero-order valence-corrected chi connectivity index (χ0v) is 20.4. The van der Waals surface area contributed by atoms with Crippen molar-refractivity contribution in [2.45, 2.75) is 32.6 Å². The Kier molecular flexibility index (Phi) is 7.13. The number of amides is 2. The van der Waals surface area contributed by atoms with Gasteiger partial charge in [0.2, 0.25) is 11.8 Å². The van der Waals surface area contributed by atoms with Gasteiger partial charge in [0.25, 0.3) is 5.91 Å². The predicted molar refractivity (Wildman–Crippen MR) is 136 cm³/mol. The second-order valence-electron chi connectivity index (χ2n) is 9.83. The molecule has 2 amide bonds. The maximum absolute atomic E-state index is 13.2. The molecule has 5 rings (SSSR count). The molecule has 0 spiro atoms. The number of carbonyl (C=O) groups is 2. The summed E-state index contributed by atoms with van der Waals surface area (Å²) >= 11 is 0. The van der Waals surface area contributed by atoms with Crippen molar-refractivity contribution < 1.29 is 14.0 Å². The number of hydrogen-bond donors (Lipinski definition) is 1. The van der Waals surface area contributed by atoms with E-state index in [2.05, 4.69) is 15.2 Å². The van der Waals surface area contributed by atoms with Crippen molar-refractivity contribution in [3.63, 3.8) is 0 Å². The van der Waals surface area contributed by atoms with Gasteiger partial charge in [-0.3, -0.25) is 9.59 Å². The smallest absolute Gasteiger partial charge is 0.253 e. The molecule has 0 radical (unpaired) electrons. The second kappa shape index (κ2) is 10.6. The molecule has 3 aromatic rings. The lowest BCUT2D eigenvalue weighted by atomic mass is 9.84. The van der Waals surface area contributed by atoms with E-state index in [9.17, 15) is 9.59 Å². The van der Waals surface area contributed by atoms with Gasteiger partial charge in [0.1, 0.15) is 5.52 Å². The molecule has 2 aliphatic heterocycles. The molecule has 0 aliphatic carbocycles. The van der Waals surface area contributed by atoms with E-state index in [0.29, 0.717) is 36.0 Å². The minimum atomic E-state index is -0.0345. The first-order valence-electron chi connectivity index (χ1n) is 12.8. The number of carbonyl (C=O) groups excluding carboxylic acids is 2. The van der Waals surface area contributed by atoms with E-state index >= 15 is 0 Å². The Hall–Kier alpha value is -3.19. The highest BCUT2D eigenvalue weighted by atomic mass is 16.3. The number of nitrogens with one attached hydrogen (secondary N) is 1. The van der Waals surface area contributed by atoms with Gasteiger partial charge in [-0.1, -0.05) is 25.1 Å². The molecule has 2 saturated heterocycles. The Labute approximate surface area is 206 Å². The Balaban J connectivity index is 1.14. The average molecular weight is 475 g/mol. The summed E-state index contributed by atoms with van der Waals surface area (Å²) in [6.45, 7) is 7.31. The number of aromatic nitrogens is 1. The molecule has 0 unspecified atom stereocenters. The molecule has 0 saturated carbocycles. The summed E-state index contributed by atoms with van der Waals surface area (Å²) in [6, 6.07) is 15.2. The molecule has 1 N–H and O–H groups in total. The molecule has 3 heterocycles. The van der Waals surface area contributed by atoms with Crippen LogP contribution in [0.4, 0.5) is 0 Å². The van der Waals surface area contributed by atoms with Crippen molar-refractivity contribution in [2.75, 3.05) is 39.3 Å². The van der Waals surface area contributed by atoms with Gasteiger partial charge in [0.05, 0.1) is 0 Å². The highest BCUT2D eigenvalue weighted by Gasteiger charge is 2.30. The maximum Gasteiger partial charge on any atom is 0.253 e. The summed E-state index contributed by atoms with van der Waals surface area (Å²) in [6.07, 6.45) is 4.22. The monoisotopic (exact) mass is 474 g/mol. The fourth-order valence-electron chi connectivity index (χ4n) is 5.27. The van der Waals surface area contributed by atoms with Gasteiger partial charge in [-0.15, -0.1) is 0 Å². The van der Waals surface area contributed by atoms with Crippen LogP contribution >= 0.6 is 0 Å². The lowest BCUT2D eigenvalue weighted by Crippen LogP contribution is -2.43. The summed E-state index contributed by atoms with van der Waals surface area (Å²) in [4.78, 5) is 34.7. The quantitative estimate of drug-likeness (QED) is 0.555. The van der Waals surface area contributed by atoms with Gasteiger partial charge >= 0.3 is 0 Å². The maximum atomic E-state index is 13.2. The van der Waals surface area contributed by atoms with Crippen LogP contribution in [-0.4, -0.2) is 65.9 Å². The van der Waals surface area contributed by atoms with Gasteiger partial charge in [0.15, 0.2) is 5.58 Å². The first-order chi connectivity index (χ1) is 17.1. The Morgan fingerprint density at radius 2 is 1.80 bits per heavy atom. The zero-order valence-electron chi connectivity index (χ0n) is 20.4. The highest BCUT2D eigenvalue weighted by molar-refractivity contribution is 5.97. The fraction of sp³-hybridized carbons (Fsp3) is 0.464. The normalized spacial score (nSPS) is 18.1. The van der Waals surface area contributed by atoms with Gasteiger partial charge < -0.3 is 19.5 Å². The van der Waals surface area contributed by atoms with E-state index in [1.807, 2.05) is 54.3 Å². The van der Waals surface area contributed by atoms with Gasteiger partial charge in [-0.25, -0.2) is 4.98 Å². The predicted octanol–water partition coefficient (Wildman–Crippen LogP) is 4.20. The molecule has 35 heavy (non-hydrogen) atoms. The molecule has 2 fully saturated rings. The first-order valence-corrected chi connectivity index (χ1v) is 12.8. The third-order valence-corrected chi connectivity index (χ3v) is 7.53. The number of rotatable bonds is 7. The van der Waals surface area contributed by atoms with E-state index < -0.39 is 0 Å².